The van der Waals surface area contributed by atoms with E-state index in [1.807, 2.05) is 36.4 Å². The molecule has 1 aromatic heterocycles. The number of benzene rings is 2. The van der Waals surface area contributed by atoms with Crippen molar-refractivity contribution in [2.75, 3.05) is 18.0 Å². The quantitative estimate of drug-likeness (QED) is 0.387. The summed E-state index contributed by atoms with van der Waals surface area (Å²) in [6.45, 7) is 3.85. The van der Waals surface area contributed by atoms with Crippen LogP contribution in [0, 0.1) is 0 Å². The molecule has 0 radical (unpaired) electrons. The molecule has 0 fully saturated rings. The van der Waals surface area contributed by atoms with E-state index in [9.17, 15) is 9.59 Å². The molecule has 1 amide bonds. The molecule has 32 heavy (non-hydrogen) atoms. The summed E-state index contributed by atoms with van der Waals surface area (Å²) in [5.74, 6) is -1.21. The van der Waals surface area contributed by atoms with Gasteiger partial charge in [-0.1, -0.05) is 49.2 Å². The van der Waals surface area contributed by atoms with Gasteiger partial charge in [0.2, 0.25) is 0 Å². The number of aromatic nitrogens is 1. The molecule has 6 nitrogen and oxygen atoms in total. The van der Waals surface area contributed by atoms with E-state index in [0.717, 1.165) is 41.3 Å². The van der Waals surface area contributed by atoms with Crippen LogP contribution in [0.15, 0.2) is 53.9 Å². The fraction of sp³-hybridized carbons (Fsp3) is 0.292. The van der Waals surface area contributed by atoms with Crippen molar-refractivity contribution in [3.8, 4) is 11.3 Å². The van der Waals surface area contributed by atoms with Gasteiger partial charge in [0.25, 0.3) is 5.91 Å². The van der Waals surface area contributed by atoms with Gasteiger partial charge >= 0.3 is 5.97 Å². The van der Waals surface area contributed by atoms with Crippen molar-refractivity contribution in [3.05, 3.63) is 70.1 Å². The van der Waals surface area contributed by atoms with E-state index >= 15 is 0 Å². The van der Waals surface area contributed by atoms with E-state index in [-0.39, 0.29) is 18.9 Å². The maximum atomic E-state index is 12.1. The first-order valence-electron chi connectivity index (χ1n) is 10.5. The number of amides is 1. The summed E-state index contributed by atoms with van der Waals surface area (Å²) in [6, 6.07) is 15.1. The van der Waals surface area contributed by atoms with Crippen molar-refractivity contribution in [2.45, 2.75) is 32.7 Å². The van der Waals surface area contributed by atoms with Crippen LogP contribution in [-0.2, 0) is 11.3 Å². The number of anilines is 1. The topological polar surface area (TPSA) is 82.5 Å². The molecule has 0 aliphatic rings. The molecule has 0 aliphatic carbocycles. The van der Waals surface area contributed by atoms with Crippen LogP contribution in [0.25, 0.3) is 11.3 Å². The van der Waals surface area contributed by atoms with Gasteiger partial charge in [0.1, 0.15) is 0 Å². The van der Waals surface area contributed by atoms with Crippen molar-refractivity contribution < 1.29 is 14.7 Å². The molecule has 168 valence electrons. The predicted molar refractivity (Wildman–Crippen MR) is 130 cm³/mol. The third kappa shape index (κ3) is 6.80. The van der Waals surface area contributed by atoms with Gasteiger partial charge in [-0.2, -0.15) is 0 Å². The van der Waals surface area contributed by atoms with Gasteiger partial charge in [0.05, 0.1) is 12.1 Å². The summed E-state index contributed by atoms with van der Waals surface area (Å²) >= 11 is 7.61. The molecule has 1 heterocycles. The Balaban J connectivity index is 1.68. The van der Waals surface area contributed by atoms with Gasteiger partial charge in [-0.05, 0) is 36.2 Å². The summed E-state index contributed by atoms with van der Waals surface area (Å²) in [6.07, 6.45) is 2.04. The molecule has 0 atom stereocenters. The van der Waals surface area contributed by atoms with Crippen molar-refractivity contribution in [3.63, 3.8) is 0 Å². The van der Waals surface area contributed by atoms with Gasteiger partial charge in [-0.15, -0.1) is 11.3 Å². The van der Waals surface area contributed by atoms with Gasteiger partial charge < -0.3 is 15.3 Å². The number of carboxylic acids is 1. The van der Waals surface area contributed by atoms with Gasteiger partial charge in [-0.25, -0.2) is 4.98 Å². The number of halogens is 1. The number of carbonyl (C=O) groups is 2. The number of hydrogen-bond donors (Lipinski definition) is 2. The highest BCUT2D eigenvalue weighted by Gasteiger charge is 2.14. The lowest BCUT2D eigenvalue weighted by Gasteiger charge is -2.22. The third-order valence-corrected chi connectivity index (χ3v) is 6.05. The number of nitrogens with zero attached hydrogens (tertiary/aromatic N) is 2. The lowest BCUT2D eigenvalue weighted by molar-refractivity contribution is -0.136. The van der Waals surface area contributed by atoms with E-state index < -0.39 is 5.97 Å². The second-order valence-corrected chi connectivity index (χ2v) is 8.67. The lowest BCUT2D eigenvalue weighted by Crippen LogP contribution is -2.26. The Morgan fingerprint density at radius 2 is 1.84 bits per heavy atom. The minimum atomic E-state index is -0.936. The average molecular weight is 472 g/mol. The highest BCUT2D eigenvalue weighted by Crippen LogP contribution is 2.29. The van der Waals surface area contributed by atoms with Crippen molar-refractivity contribution in [1.29, 1.82) is 0 Å². The number of rotatable bonds is 11. The zero-order chi connectivity index (χ0) is 22.9. The Labute approximate surface area is 196 Å². The van der Waals surface area contributed by atoms with E-state index in [2.05, 4.69) is 22.5 Å². The molecular formula is C24H26ClN3O3S. The van der Waals surface area contributed by atoms with Crippen LogP contribution in [-0.4, -0.2) is 35.1 Å². The number of nitrogens with one attached hydrogen (secondary N) is 1. The number of carboxylic acid groups (broad SMARTS) is 1. The number of hydrogen-bond acceptors (Lipinski definition) is 5. The highest BCUT2D eigenvalue weighted by atomic mass is 35.5. The first kappa shape index (κ1) is 23.8. The molecule has 0 saturated carbocycles. The van der Waals surface area contributed by atoms with Crippen LogP contribution in [0.2, 0.25) is 5.02 Å². The summed E-state index contributed by atoms with van der Waals surface area (Å²) in [5.41, 5.74) is 3.55. The molecule has 3 rings (SSSR count). The van der Waals surface area contributed by atoms with E-state index in [1.54, 1.807) is 23.5 Å². The Bertz CT molecular complexity index is 1040. The fourth-order valence-electron chi connectivity index (χ4n) is 3.12. The van der Waals surface area contributed by atoms with Gasteiger partial charge in [-0.3, -0.25) is 9.59 Å². The molecule has 0 aliphatic heterocycles. The van der Waals surface area contributed by atoms with E-state index in [1.165, 1.54) is 0 Å². The largest absolute Gasteiger partial charge is 0.481 e. The zero-order valence-corrected chi connectivity index (χ0v) is 19.5. The predicted octanol–water partition coefficient (Wildman–Crippen LogP) is 5.47. The molecule has 2 N–H and O–H groups in total. The summed E-state index contributed by atoms with van der Waals surface area (Å²) < 4.78 is 0. The normalized spacial score (nSPS) is 10.7. The van der Waals surface area contributed by atoms with Crippen LogP contribution in [0.3, 0.4) is 0 Å². The second kappa shape index (κ2) is 11.6. The second-order valence-electron chi connectivity index (χ2n) is 7.39. The van der Waals surface area contributed by atoms with Crippen LogP contribution in [0.4, 0.5) is 5.13 Å². The maximum Gasteiger partial charge on any atom is 0.305 e. The number of aliphatic carboxylic acids is 1. The van der Waals surface area contributed by atoms with Crippen LogP contribution in [0.5, 0.6) is 0 Å². The van der Waals surface area contributed by atoms with E-state index in [4.69, 9.17) is 21.7 Å². The van der Waals surface area contributed by atoms with Crippen LogP contribution in [0.1, 0.15) is 42.1 Å². The summed E-state index contributed by atoms with van der Waals surface area (Å²) in [7, 11) is 0. The van der Waals surface area contributed by atoms with Crippen molar-refractivity contribution >= 4 is 39.9 Å². The molecule has 0 unspecified atom stereocenters. The zero-order valence-electron chi connectivity index (χ0n) is 17.9. The van der Waals surface area contributed by atoms with Crippen molar-refractivity contribution in [2.24, 2.45) is 0 Å². The third-order valence-electron chi connectivity index (χ3n) is 4.90. The smallest absolute Gasteiger partial charge is 0.305 e. The molecule has 0 saturated heterocycles. The minimum Gasteiger partial charge on any atom is -0.481 e. The first-order valence-corrected chi connectivity index (χ1v) is 11.8. The minimum absolute atomic E-state index is 0.0952. The maximum absolute atomic E-state index is 12.1. The Morgan fingerprint density at radius 3 is 2.50 bits per heavy atom. The van der Waals surface area contributed by atoms with Crippen LogP contribution >= 0.6 is 22.9 Å². The molecule has 3 aromatic rings. The first-order chi connectivity index (χ1) is 15.5. The van der Waals surface area contributed by atoms with E-state index in [0.29, 0.717) is 17.1 Å². The summed E-state index contributed by atoms with van der Waals surface area (Å²) in [5, 5.41) is 15.0. The highest BCUT2D eigenvalue weighted by molar-refractivity contribution is 7.14. The Hall–Kier alpha value is -2.90. The SMILES string of the molecule is CCCCN(Cc1ccc(C(=O)NCCC(=O)O)cc1)c1nc(-c2ccc(Cl)cc2)cs1. The van der Waals surface area contributed by atoms with Crippen LogP contribution < -0.4 is 10.2 Å². The van der Waals surface area contributed by atoms with Crippen molar-refractivity contribution in [1.82, 2.24) is 10.3 Å². The van der Waals surface area contributed by atoms with Gasteiger partial charge in [0, 0.05) is 41.2 Å². The summed E-state index contributed by atoms with van der Waals surface area (Å²) in [4.78, 5) is 29.8. The number of unbranched alkanes of at least 4 members (excludes halogenated alkanes) is 1. The Morgan fingerprint density at radius 1 is 1.12 bits per heavy atom. The molecule has 0 bridgehead atoms. The molecule has 2 aromatic carbocycles. The number of carbonyl (C=O) groups excluding carboxylic acids is 1. The number of thiazole rings is 1. The standard InChI is InChI=1S/C24H26ClN3O3S/c1-2-3-14-28(24-27-21(16-32-24)18-8-10-20(25)11-9-18)15-17-4-6-19(7-5-17)23(31)26-13-12-22(29)30/h4-11,16H,2-3,12-15H2,1H3,(H,26,31)(H,29,30). The molecule has 8 heteroatoms. The average Bonchev–Trinajstić information content (AvgIpc) is 3.27. The molecular weight excluding hydrogens is 446 g/mol. The lowest BCUT2D eigenvalue weighted by atomic mass is 10.1. The fourth-order valence-corrected chi connectivity index (χ4v) is 4.11. The Kier molecular flexibility index (Phi) is 8.64. The monoisotopic (exact) mass is 471 g/mol. The van der Waals surface area contributed by atoms with Gasteiger partial charge in [0.15, 0.2) is 5.13 Å². The molecule has 0 spiro atoms.